The summed E-state index contributed by atoms with van der Waals surface area (Å²) in [6, 6.07) is 11.1. The fourth-order valence-electron chi connectivity index (χ4n) is 1.93. The summed E-state index contributed by atoms with van der Waals surface area (Å²) in [5.41, 5.74) is 1.97. The maximum absolute atomic E-state index is 12.3. The number of benzene rings is 2. The first-order valence-corrected chi connectivity index (χ1v) is 7.82. The van der Waals surface area contributed by atoms with E-state index in [1.54, 1.807) is 37.4 Å². The minimum Gasteiger partial charge on any atom is -0.496 e. The topological polar surface area (TPSA) is 75.6 Å². The number of nitrogens with one attached hydrogen (secondary N) is 1. The molecule has 2 N–H and O–H groups in total. The zero-order valence-electron chi connectivity index (χ0n) is 11.8. The molecule has 21 heavy (non-hydrogen) atoms. The molecule has 0 aliphatic heterocycles. The number of anilines is 1. The Morgan fingerprint density at radius 1 is 1.14 bits per heavy atom. The molecule has 0 amide bonds. The Hall–Kier alpha value is -2.05. The number of hydrogen-bond donors (Lipinski definition) is 2. The van der Waals surface area contributed by atoms with E-state index in [-0.39, 0.29) is 11.5 Å². The van der Waals surface area contributed by atoms with Gasteiger partial charge in [-0.3, -0.25) is 4.72 Å². The van der Waals surface area contributed by atoms with Gasteiger partial charge in [0.1, 0.15) is 5.75 Å². The van der Waals surface area contributed by atoms with Gasteiger partial charge >= 0.3 is 0 Å². The number of ether oxygens (including phenoxy) is 1. The van der Waals surface area contributed by atoms with Gasteiger partial charge in [0.05, 0.1) is 18.6 Å². The van der Waals surface area contributed by atoms with Crippen molar-refractivity contribution in [2.75, 3.05) is 11.8 Å². The van der Waals surface area contributed by atoms with Crippen molar-refractivity contribution in [1.29, 1.82) is 0 Å². The molecule has 2 aromatic rings. The maximum Gasteiger partial charge on any atom is 0.261 e. The predicted molar refractivity (Wildman–Crippen MR) is 80.9 cm³/mol. The lowest BCUT2D eigenvalue weighted by molar-refractivity contribution is 0.282. The molecule has 0 aliphatic carbocycles. The van der Waals surface area contributed by atoms with E-state index in [0.717, 1.165) is 5.56 Å². The molecule has 6 heteroatoms. The molecule has 0 fully saturated rings. The van der Waals surface area contributed by atoms with E-state index < -0.39 is 10.0 Å². The number of hydrogen-bond acceptors (Lipinski definition) is 4. The molecule has 0 saturated carbocycles. The normalized spacial score (nSPS) is 11.2. The molecule has 0 aromatic heterocycles. The van der Waals surface area contributed by atoms with Gasteiger partial charge in [-0.05, 0) is 48.4 Å². The van der Waals surface area contributed by atoms with Crippen molar-refractivity contribution in [2.24, 2.45) is 0 Å². The molecular weight excluding hydrogens is 290 g/mol. The fourth-order valence-corrected chi connectivity index (χ4v) is 2.98. The van der Waals surface area contributed by atoms with Crippen LogP contribution in [0, 0.1) is 6.92 Å². The summed E-state index contributed by atoms with van der Waals surface area (Å²) in [4.78, 5) is 0.146. The largest absolute Gasteiger partial charge is 0.496 e. The number of rotatable bonds is 5. The summed E-state index contributed by atoms with van der Waals surface area (Å²) in [6.45, 7) is 1.72. The number of methoxy groups -OCH3 is 1. The minimum absolute atomic E-state index is 0.120. The molecule has 0 spiro atoms. The van der Waals surface area contributed by atoms with Crippen LogP contribution in [0.15, 0.2) is 47.4 Å². The quantitative estimate of drug-likeness (QED) is 0.888. The lowest BCUT2D eigenvalue weighted by Crippen LogP contribution is -2.13. The predicted octanol–water partition coefficient (Wildman–Crippen LogP) is 2.30. The van der Waals surface area contributed by atoms with Crippen molar-refractivity contribution in [3.05, 3.63) is 53.6 Å². The third-order valence-electron chi connectivity index (χ3n) is 3.06. The minimum atomic E-state index is -3.65. The Balaban J connectivity index is 2.26. The summed E-state index contributed by atoms with van der Waals surface area (Å²) in [5.74, 6) is 0.699. The molecule has 0 bridgehead atoms. The summed E-state index contributed by atoms with van der Waals surface area (Å²) < 4.78 is 32.2. The average molecular weight is 307 g/mol. The van der Waals surface area contributed by atoms with E-state index in [9.17, 15) is 8.42 Å². The monoisotopic (exact) mass is 307 g/mol. The van der Waals surface area contributed by atoms with Crippen molar-refractivity contribution in [3.63, 3.8) is 0 Å². The molecule has 2 rings (SSSR count). The number of sulfonamides is 1. The molecular formula is C15H17NO4S. The van der Waals surface area contributed by atoms with Crippen LogP contribution in [-0.2, 0) is 16.6 Å². The highest BCUT2D eigenvalue weighted by Gasteiger charge is 2.14. The summed E-state index contributed by atoms with van der Waals surface area (Å²) in [5, 5.41) is 8.97. The maximum atomic E-state index is 12.3. The molecule has 0 atom stereocenters. The molecule has 0 saturated heterocycles. The molecule has 5 nitrogen and oxygen atoms in total. The van der Waals surface area contributed by atoms with Crippen molar-refractivity contribution >= 4 is 15.7 Å². The van der Waals surface area contributed by atoms with Crippen LogP contribution >= 0.6 is 0 Å². The third-order valence-corrected chi connectivity index (χ3v) is 4.46. The zero-order valence-corrected chi connectivity index (χ0v) is 12.6. The fraction of sp³-hybridized carbons (Fsp3) is 0.200. The van der Waals surface area contributed by atoms with Gasteiger partial charge in [0, 0.05) is 5.69 Å². The van der Waals surface area contributed by atoms with Gasteiger partial charge in [0.25, 0.3) is 10.0 Å². The van der Waals surface area contributed by atoms with Crippen LogP contribution in [0.1, 0.15) is 11.1 Å². The molecule has 0 aliphatic rings. The summed E-state index contributed by atoms with van der Waals surface area (Å²) in [6.07, 6.45) is 0. The first-order chi connectivity index (χ1) is 9.96. The second-order valence-corrected chi connectivity index (χ2v) is 6.27. The SMILES string of the molecule is COc1ccc(NS(=O)(=O)c2ccc(CO)cc2)cc1C. The molecule has 0 radical (unpaired) electrons. The van der Waals surface area contributed by atoms with Crippen molar-refractivity contribution in [1.82, 2.24) is 0 Å². The first-order valence-electron chi connectivity index (χ1n) is 6.33. The molecule has 0 unspecified atom stereocenters. The van der Waals surface area contributed by atoms with Crippen LogP contribution in [0.5, 0.6) is 5.75 Å². The van der Waals surface area contributed by atoms with Gasteiger partial charge in [-0.25, -0.2) is 8.42 Å². The average Bonchev–Trinajstić information content (AvgIpc) is 2.47. The van der Waals surface area contributed by atoms with Gasteiger partial charge in [-0.15, -0.1) is 0 Å². The summed E-state index contributed by atoms with van der Waals surface area (Å²) in [7, 11) is -2.08. The number of aliphatic hydroxyl groups is 1. The Kier molecular flexibility index (Phi) is 4.50. The lowest BCUT2D eigenvalue weighted by Gasteiger charge is -2.11. The zero-order chi connectivity index (χ0) is 15.5. The van der Waals surface area contributed by atoms with Crippen LogP contribution < -0.4 is 9.46 Å². The van der Waals surface area contributed by atoms with Crippen molar-refractivity contribution in [2.45, 2.75) is 18.4 Å². The van der Waals surface area contributed by atoms with Crippen LogP contribution in [0.25, 0.3) is 0 Å². The first kappa shape index (κ1) is 15.3. The number of aryl methyl sites for hydroxylation is 1. The van der Waals surface area contributed by atoms with Gasteiger partial charge in [0.15, 0.2) is 0 Å². The molecule has 2 aromatic carbocycles. The molecule has 0 heterocycles. The highest BCUT2D eigenvalue weighted by molar-refractivity contribution is 7.92. The van der Waals surface area contributed by atoms with E-state index >= 15 is 0 Å². The van der Waals surface area contributed by atoms with E-state index in [0.29, 0.717) is 17.0 Å². The molecule has 112 valence electrons. The van der Waals surface area contributed by atoms with E-state index in [1.165, 1.54) is 12.1 Å². The van der Waals surface area contributed by atoms with Gasteiger partial charge in [0.2, 0.25) is 0 Å². The van der Waals surface area contributed by atoms with Gasteiger partial charge in [-0.1, -0.05) is 12.1 Å². The Morgan fingerprint density at radius 3 is 2.33 bits per heavy atom. The Labute approximate surface area is 124 Å². The highest BCUT2D eigenvalue weighted by atomic mass is 32.2. The standard InChI is InChI=1S/C15H17NO4S/c1-11-9-13(5-8-15(11)20-2)16-21(18,19)14-6-3-12(10-17)4-7-14/h3-9,16-17H,10H2,1-2H3. The van der Waals surface area contributed by atoms with E-state index in [4.69, 9.17) is 9.84 Å². The van der Waals surface area contributed by atoms with E-state index in [1.807, 2.05) is 6.92 Å². The third kappa shape index (κ3) is 3.53. The van der Waals surface area contributed by atoms with Crippen LogP contribution in [0.4, 0.5) is 5.69 Å². The lowest BCUT2D eigenvalue weighted by atomic mass is 10.2. The highest BCUT2D eigenvalue weighted by Crippen LogP contribution is 2.23. The second-order valence-electron chi connectivity index (χ2n) is 4.59. The van der Waals surface area contributed by atoms with Crippen LogP contribution in [0.3, 0.4) is 0 Å². The second kappa shape index (κ2) is 6.15. The summed E-state index contributed by atoms with van der Waals surface area (Å²) >= 11 is 0. The van der Waals surface area contributed by atoms with Crippen molar-refractivity contribution in [3.8, 4) is 5.75 Å². The number of aliphatic hydroxyl groups excluding tert-OH is 1. The van der Waals surface area contributed by atoms with Crippen LogP contribution in [-0.4, -0.2) is 20.6 Å². The van der Waals surface area contributed by atoms with Gasteiger partial charge < -0.3 is 9.84 Å². The Morgan fingerprint density at radius 2 is 1.81 bits per heavy atom. The Bertz CT molecular complexity index is 724. The smallest absolute Gasteiger partial charge is 0.261 e. The van der Waals surface area contributed by atoms with E-state index in [2.05, 4.69) is 4.72 Å². The van der Waals surface area contributed by atoms with Crippen LogP contribution in [0.2, 0.25) is 0 Å². The van der Waals surface area contributed by atoms with Crippen molar-refractivity contribution < 1.29 is 18.3 Å². The van der Waals surface area contributed by atoms with Gasteiger partial charge in [-0.2, -0.15) is 0 Å².